The predicted molar refractivity (Wildman–Crippen MR) is 123 cm³/mol. The Kier molecular flexibility index (Phi) is 5.76. The van der Waals surface area contributed by atoms with Crippen LogP contribution in [-0.4, -0.2) is 65.5 Å². The highest BCUT2D eigenvalue weighted by Gasteiger charge is 2.46. The molecule has 0 bridgehead atoms. The number of carbonyl (C=O) groups excluding carboxylic acids is 2. The third-order valence-electron chi connectivity index (χ3n) is 5.91. The first-order chi connectivity index (χ1) is 15.3. The summed E-state index contributed by atoms with van der Waals surface area (Å²) in [6.45, 7) is 0.960. The van der Waals surface area contributed by atoms with Gasteiger partial charge in [0, 0.05) is 48.4 Å². The Hall–Kier alpha value is -3.58. The summed E-state index contributed by atoms with van der Waals surface area (Å²) < 4.78 is 7.17. The number of methoxy groups -OCH3 is 1. The van der Waals surface area contributed by atoms with Gasteiger partial charge in [0.15, 0.2) is 0 Å². The number of Topliss-reactive ketones (excluding diaryl/α,β-unsaturated/α-hetero) is 1. The number of likely N-dealkylation sites (N-methyl/N-ethyl adjacent to an activating group) is 1. The molecular weight excluding hydrogens is 406 g/mol. The summed E-state index contributed by atoms with van der Waals surface area (Å²) in [7, 11) is 7.33. The van der Waals surface area contributed by atoms with Gasteiger partial charge in [0.25, 0.3) is 11.7 Å². The van der Waals surface area contributed by atoms with E-state index in [1.165, 1.54) is 0 Å². The minimum atomic E-state index is -0.678. The van der Waals surface area contributed by atoms with E-state index in [0.717, 1.165) is 16.5 Å². The van der Waals surface area contributed by atoms with Crippen LogP contribution in [0.15, 0.2) is 60.3 Å². The van der Waals surface area contributed by atoms with Crippen molar-refractivity contribution in [1.82, 2.24) is 14.4 Å². The molecular formula is C25H27N3O4. The molecule has 0 spiro atoms. The van der Waals surface area contributed by atoms with E-state index >= 15 is 0 Å². The maximum Gasteiger partial charge on any atom is 0.295 e. The molecule has 1 unspecified atom stereocenters. The summed E-state index contributed by atoms with van der Waals surface area (Å²) in [6.07, 6.45) is 1.94. The standard InChI is InChI=1S/C25H27N3O4/c1-26(2)13-14-28-22(19-15-27(3)20-8-6-5-7-18(19)20)21(24(30)25(28)31)23(29)16-9-11-17(32-4)12-10-16/h5-12,15,22,29H,13-14H2,1-4H3/b23-21+. The highest BCUT2D eigenvalue weighted by molar-refractivity contribution is 6.46. The Balaban J connectivity index is 1.91. The summed E-state index contributed by atoms with van der Waals surface area (Å²) in [5.41, 5.74) is 2.37. The van der Waals surface area contributed by atoms with Gasteiger partial charge in [-0.05, 0) is 44.4 Å². The maximum absolute atomic E-state index is 13.2. The number of benzene rings is 2. The van der Waals surface area contributed by atoms with Crippen molar-refractivity contribution in [1.29, 1.82) is 0 Å². The average Bonchev–Trinajstić information content (AvgIpc) is 3.25. The molecule has 1 aromatic heterocycles. The van der Waals surface area contributed by atoms with Crippen molar-refractivity contribution >= 4 is 28.4 Å². The zero-order chi connectivity index (χ0) is 23.0. The monoisotopic (exact) mass is 433 g/mol. The second-order valence-corrected chi connectivity index (χ2v) is 8.24. The third kappa shape index (κ3) is 3.65. The summed E-state index contributed by atoms with van der Waals surface area (Å²) in [5, 5.41) is 12.1. The Morgan fingerprint density at radius 2 is 1.78 bits per heavy atom. The molecule has 0 radical (unpaired) electrons. The van der Waals surface area contributed by atoms with Gasteiger partial charge in [-0.15, -0.1) is 0 Å². The lowest BCUT2D eigenvalue weighted by molar-refractivity contribution is -0.140. The van der Waals surface area contributed by atoms with Gasteiger partial charge in [0.1, 0.15) is 11.5 Å². The minimum absolute atomic E-state index is 0.107. The molecule has 1 fully saturated rings. The van der Waals surface area contributed by atoms with Crippen LogP contribution in [0.25, 0.3) is 16.7 Å². The smallest absolute Gasteiger partial charge is 0.295 e. The summed E-state index contributed by atoms with van der Waals surface area (Å²) in [6, 6.07) is 14.0. The normalized spacial score (nSPS) is 18.2. The van der Waals surface area contributed by atoms with E-state index in [4.69, 9.17) is 4.74 Å². The van der Waals surface area contributed by atoms with Crippen LogP contribution in [0.3, 0.4) is 0 Å². The lowest BCUT2D eigenvalue weighted by atomic mass is 9.95. The molecule has 3 aromatic rings. The van der Waals surface area contributed by atoms with Crippen molar-refractivity contribution in [2.24, 2.45) is 7.05 Å². The number of ketones is 1. The molecule has 32 heavy (non-hydrogen) atoms. The van der Waals surface area contributed by atoms with Crippen molar-refractivity contribution < 1.29 is 19.4 Å². The number of amides is 1. The molecule has 166 valence electrons. The largest absolute Gasteiger partial charge is 0.507 e. The zero-order valence-electron chi connectivity index (χ0n) is 18.7. The molecule has 2 heterocycles. The molecule has 1 aliphatic heterocycles. The van der Waals surface area contributed by atoms with Gasteiger partial charge in [-0.25, -0.2) is 0 Å². The number of likely N-dealkylation sites (tertiary alicyclic amines) is 1. The summed E-state index contributed by atoms with van der Waals surface area (Å²) in [5.74, 6) is -0.815. The van der Waals surface area contributed by atoms with E-state index in [1.54, 1.807) is 36.3 Å². The second kappa shape index (κ2) is 8.51. The van der Waals surface area contributed by atoms with E-state index < -0.39 is 17.7 Å². The molecule has 1 aliphatic rings. The van der Waals surface area contributed by atoms with Crippen LogP contribution in [0.1, 0.15) is 17.2 Å². The number of aryl methyl sites for hydroxylation is 1. The lowest BCUT2D eigenvalue weighted by Crippen LogP contribution is -2.35. The van der Waals surface area contributed by atoms with Gasteiger partial charge < -0.3 is 24.2 Å². The Morgan fingerprint density at radius 1 is 1.09 bits per heavy atom. The number of aliphatic hydroxyl groups excluding tert-OH is 1. The quantitative estimate of drug-likeness (QED) is 0.367. The topological polar surface area (TPSA) is 75.0 Å². The number of fused-ring (bicyclic) bond motifs is 1. The number of rotatable bonds is 6. The molecule has 7 nitrogen and oxygen atoms in total. The molecule has 1 saturated heterocycles. The van der Waals surface area contributed by atoms with Crippen molar-refractivity contribution in [2.75, 3.05) is 34.3 Å². The molecule has 1 atom stereocenters. The van der Waals surface area contributed by atoms with Crippen LogP contribution in [0, 0.1) is 0 Å². The number of aliphatic hydroxyl groups is 1. The second-order valence-electron chi connectivity index (χ2n) is 8.24. The van der Waals surface area contributed by atoms with Crippen LogP contribution in [-0.2, 0) is 16.6 Å². The van der Waals surface area contributed by atoms with E-state index in [9.17, 15) is 14.7 Å². The molecule has 1 amide bonds. The van der Waals surface area contributed by atoms with E-state index in [2.05, 4.69) is 0 Å². The number of nitrogens with zero attached hydrogens (tertiary/aromatic N) is 3. The minimum Gasteiger partial charge on any atom is -0.507 e. The number of ether oxygens (including phenoxy) is 1. The van der Waals surface area contributed by atoms with Crippen LogP contribution >= 0.6 is 0 Å². The fourth-order valence-corrected chi connectivity index (χ4v) is 4.24. The molecule has 0 saturated carbocycles. The Bertz CT molecular complexity index is 1210. The van der Waals surface area contributed by atoms with Gasteiger partial charge in [-0.3, -0.25) is 9.59 Å². The van der Waals surface area contributed by atoms with Crippen molar-refractivity contribution in [3.8, 4) is 5.75 Å². The van der Waals surface area contributed by atoms with E-state index in [1.807, 2.05) is 61.1 Å². The van der Waals surface area contributed by atoms with Gasteiger partial charge in [-0.1, -0.05) is 18.2 Å². The maximum atomic E-state index is 13.2. The summed E-state index contributed by atoms with van der Waals surface area (Å²) in [4.78, 5) is 29.8. The molecule has 4 rings (SSSR count). The SMILES string of the molecule is COc1ccc(/C(O)=C2\C(=O)C(=O)N(CCN(C)C)C2c2cn(C)c3ccccc23)cc1. The average molecular weight is 434 g/mol. The predicted octanol–water partition coefficient (Wildman–Crippen LogP) is 3.17. The van der Waals surface area contributed by atoms with Gasteiger partial charge in [-0.2, -0.15) is 0 Å². The fourth-order valence-electron chi connectivity index (χ4n) is 4.24. The number of hydrogen-bond acceptors (Lipinski definition) is 5. The fraction of sp³-hybridized carbons (Fsp3) is 0.280. The van der Waals surface area contributed by atoms with Crippen LogP contribution in [0.5, 0.6) is 5.75 Å². The Morgan fingerprint density at radius 3 is 2.44 bits per heavy atom. The third-order valence-corrected chi connectivity index (χ3v) is 5.91. The zero-order valence-corrected chi connectivity index (χ0v) is 18.7. The van der Waals surface area contributed by atoms with Crippen molar-refractivity contribution in [3.05, 3.63) is 71.4 Å². The van der Waals surface area contributed by atoms with Crippen molar-refractivity contribution in [3.63, 3.8) is 0 Å². The van der Waals surface area contributed by atoms with E-state index in [0.29, 0.717) is 24.4 Å². The van der Waals surface area contributed by atoms with Gasteiger partial charge >= 0.3 is 0 Å². The van der Waals surface area contributed by atoms with Crippen molar-refractivity contribution in [2.45, 2.75) is 6.04 Å². The first-order valence-corrected chi connectivity index (χ1v) is 10.4. The summed E-state index contributed by atoms with van der Waals surface area (Å²) >= 11 is 0. The van der Waals surface area contributed by atoms with Gasteiger partial charge in [0.05, 0.1) is 18.7 Å². The number of carbonyl (C=O) groups is 2. The van der Waals surface area contributed by atoms with E-state index in [-0.39, 0.29) is 11.3 Å². The van der Waals surface area contributed by atoms with Crippen LogP contribution in [0.2, 0.25) is 0 Å². The van der Waals surface area contributed by atoms with Gasteiger partial charge in [0.2, 0.25) is 0 Å². The highest BCUT2D eigenvalue weighted by atomic mass is 16.5. The van der Waals surface area contributed by atoms with Crippen LogP contribution < -0.4 is 4.74 Å². The molecule has 1 N–H and O–H groups in total. The number of aromatic nitrogens is 1. The van der Waals surface area contributed by atoms with Crippen LogP contribution in [0.4, 0.5) is 0 Å². The first kappa shape index (κ1) is 21.6. The number of hydrogen-bond donors (Lipinski definition) is 1. The highest BCUT2D eigenvalue weighted by Crippen LogP contribution is 2.42. The lowest BCUT2D eigenvalue weighted by Gasteiger charge is -2.26. The molecule has 0 aliphatic carbocycles. The molecule has 7 heteroatoms. The number of para-hydroxylation sites is 1. The molecule has 2 aromatic carbocycles. The first-order valence-electron chi connectivity index (χ1n) is 10.4. The Labute approximate surface area is 187 Å².